The van der Waals surface area contributed by atoms with Gasteiger partial charge in [-0.2, -0.15) is 0 Å². The van der Waals surface area contributed by atoms with Crippen LogP contribution in [0.5, 0.6) is 0 Å². The molecule has 0 spiro atoms. The minimum Gasteiger partial charge on any atom is -0.269 e. The third-order valence-electron chi connectivity index (χ3n) is 2.23. The van der Waals surface area contributed by atoms with E-state index in [4.69, 9.17) is 0 Å². The standard InChI is InChI=1S/C10H10N2O2S/c1-6-5-11-10(15-6)7(2)12-8(13)3-4-9(12)14/h3-5,7H,1-2H3. The van der Waals surface area contributed by atoms with Crippen LogP contribution in [-0.2, 0) is 9.59 Å². The molecule has 78 valence electrons. The molecule has 0 bridgehead atoms. The number of imide groups is 1. The van der Waals surface area contributed by atoms with Gasteiger partial charge in [0.2, 0.25) is 0 Å². The van der Waals surface area contributed by atoms with Crippen molar-refractivity contribution in [2.24, 2.45) is 0 Å². The topological polar surface area (TPSA) is 50.3 Å². The van der Waals surface area contributed by atoms with Crippen LogP contribution in [0.3, 0.4) is 0 Å². The molecule has 4 nitrogen and oxygen atoms in total. The molecule has 1 aliphatic rings. The van der Waals surface area contributed by atoms with E-state index in [-0.39, 0.29) is 17.9 Å². The predicted octanol–water partition coefficient (Wildman–Crippen LogP) is 1.44. The lowest BCUT2D eigenvalue weighted by Gasteiger charge is -2.19. The Morgan fingerprint density at radius 2 is 1.93 bits per heavy atom. The number of nitrogens with zero attached hydrogens (tertiary/aromatic N) is 2. The normalized spacial score (nSPS) is 17.6. The SMILES string of the molecule is Cc1cnc(C(C)N2C(=O)C=CC2=O)s1. The summed E-state index contributed by atoms with van der Waals surface area (Å²) in [5.41, 5.74) is 0. The zero-order valence-corrected chi connectivity index (χ0v) is 9.25. The smallest absolute Gasteiger partial charge is 0.254 e. The van der Waals surface area contributed by atoms with Gasteiger partial charge < -0.3 is 0 Å². The Kier molecular flexibility index (Phi) is 2.40. The van der Waals surface area contributed by atoms with Crippen molar-refractivity contribution in [1.29, 1.82) is 0 Å². The Morgan fingerprint density at radius 1 is 1.33 bits per heavy atom. The van der Waals surface area contributed by atoms with Gasteiger partial charge in [0.25, 0.3) is 11.8 Å². The van der Waals surface area contributed by atoms with Gasteiger partial charge in [-0.1, -0.05) is 0 Å². The molecule has 1 unspecified atom stereocenters. The number of hydrogen-bond donors (Lipinski definition) is 0. The zero-order chi connectivity index (χ0) is 11.0. The molecule has 0 saturated carbocycles. The third-order valence-corrected chi connectivity index (χ3v) is 3.31. The number of amides is 2. The summed E-state index contributed by atoms with van der Waals surface area (Å²) in [6, 6.07) is -0.279. The van der Waals surface area contributed by atoms with E-state index in [9.17, 15) is 9.59 Å². The summed E-state index contributed by atoms with van der Waals surface area (Å²) in [7, 11) is 0. The maximum atomic E-state index is 11.4. The first kappa shape index (κ1) is 10.0. The molecule has 2 rings (SSSR count). The van der Waals surface area contributed by atoms with Crippen LogP contribution in [0.2, 0.25) is 0 Å². The highest BCUT2D eigenvalue weighted by Crippen LogP contribution is 2.26. The molecule has 0 saturated heterocycles. The number of aryl methyl sites for hydroxylation is 1. The summed E-state index contributed by atoms with van der Waals surface area (Å²) in [5.74, 6) is -0.527. The Bertz CT molecular complexity index is 432. The highest BCUT2D eigenvalue weighted by atomic mass is 32.1. The van der Waals surface area contributed by atoms with Gasteiger partial charge in [-0.15, -0.1) is 11.3 Å². The largest absolute Gasteiger partial charge is 0.269 e. The van der Waals surface area contributed by atoms with E-state index in [1.807, 2.05) is 6.92 Å². The summed E-state index contributed by atoms with van der Waals surface area (Å²) < 4.78 is 0. The van der Waals surface area contributed by atoms with Gasteiger partial charge in [-0.3, -0.25) is 14.5 Å². The van der Waals surface area contributed by atoms with E-state index < -0.39 is 0 Å². The second-order valence-corrected chi connectivity index (χ2v) is 4.63. The number of rotatable bonds is 2. The van der Waals surface area contributed by atoms with Crippen molar-refractivity contribution in [2.45, 2.75) is 19.9 Å². The van der Waals surface area contributed by atoms with Crippen molar-refractivity contribution >= 4 is 23.2 Å². The van der Waals surface area contributed by atoms with Gasteiger partial charge in [-0.05, 0) is 13.8 Å². The fraction of sp³-hybridized carbons (Fsp3) is 0.300. The van der Waals surface area contributed by atoms with Crippen LogP contribution in [0.1, 0.15) is 22.9 Å². The summed E-state index contributed by atoms with van der Waals surface area (Å²) in [6.07, 6.45) is 4.33. The van der Waals surface area contributed by atoms with Crippen molar-refractivity contribution in [3.8, 4) is 0 Å². The molecule has 1 aromatic heterocycles. The van der Waals surface area contributed by atoms with Crippen molar-refractivity contribution in [2.75, 3.05) is 0 Å². The Morgan fingerprint density at radius 3 is 2.40 bits per heavy atom. The summed E-state index contributed by atoms with van der Waals surface area (Å²) in [6.45, 7) is 3.75. The molecule has 2 amide bonds. The second kappa shape index (κ2) is 3.58. The molecular weight excluding hydrogens is 212 g/mol. The number of carbonyl (C=O) groups excluding carboxylic acids is 2. The number of carbonyl (C=O) groups is 2. The van der Waals surface area contributed by atoms with Crippen molar-refractivity contribution in [3.05, 3.63) is 28.2 Å². The van der Waals surface area contributed by atoms with Crippen LogP contribution in [0.4, 0.5) is 0 Å². The van der Waals surface area contributed by atoms with E-state index in [2.05, 4.69) is 4.98 Å². The third kappa shape index (κ3) is 1.70. The average molecular weight is 222 g/mol. The maximum absolute atomic E-state index is 11.4. The number of thiazole rings is 1. The molecule has 0 aromatic carbocycles. The molecular formula is C10H10N2O2S. The lowest BCUT2D eigenvalue weighted by Crippen LogP contribution is -2.32. The molecule has 1 atom stereocenters. The van der Waals surface area contributed by atoms with Crippen molar-refractivity contribution in [1.82, 2.24) is 9.88 Å². The van der Waals surface area contributed by atoms with Gasteiger partial charge in [0.15, 0.2) is 0 Å². The van der Waals surface area contributed by atoms with Crippen LogP contribution < -0.4 is 0 Å². The summed E-state index contributed by atoms with van der Waals surface area (Å²) in [4.78, 5) is 29.3. The van der Waals surface area contributed by atoms with E-state index in [1.54, 1.807) is 13.1 Å². The van der Waals surface area contributed by atoms with Crippen LogP contribution in [0, 0.1) is 6.92 Å². The minimum atomic E-state index is -0.279. The molecule has 5 heteroatoms. The number of hydrogen-bond acceptors (Lipinski definition) is 4. The second-order valence-electron chi connectivity index (χ2n) is 3.36. The minimum absolute atomic E-state index is 0.264. The fourth-order valence-electron chi connectivity index (χ4n) is 1.47. The first-order valence-corrected chi connectivity index (χ1v) is 5.39. The summed E-state index contributed by atoms with van der Waals surface area (Å²) >= 11 is 1.50. The van der Waals surface area contributed by atoms with Crippen molar-refractivity contribution in [3.63, 3.8) is 0 Å². The first-order valence-electron chi connectivity index (χ1n) is 4.57. The van der Waals surface area contributed by atoms with E-state index >= 15 is 0 Å². The highest BCUT2D eigenvalue weighted by molar-refractivity contribution is 7.11. The lowest BCUT2D eigenvalue weighted by molar-refractivity contribution is -0.139. The molecule has 0 radical (unpaired) electrons. The Balaban J connectivity index is 2.25. The van der Waals surface area contributed by atoms with Gasteiger partial charge >= 0.3 is 0 Å². The van der Waals surface area contributed by atoms with Crippen LogP contribution in [-0.4, -0.2) is 21.7 Å². The molecule has 0 aliphatic carbocycles. The predicted molar refractivity (Wildman–Crippen MR) is 56.3 cm³/mol. The molecule has 1 aliphatic heterocycles. The molecule has 2 heterocycles. The quantitative estimate of drug-likeness (QED) is 0.711. The van der Waals surface area contributed by atoms with E-state index in [1.165, 1.54) is 28.4 Å². The Labute approximate surface area is 91.2 Å². The van der Waals surface area contributed by atoms with Crippen LogP contribution in [0.25, 0.3) is 0 Å². The van der Waals surface area contributed by atoms with Gasteiger partial charge in [-0.25, -0.2) is 4.98 Å². The van der Waals surface area contributed by atoms with Gasteiger partial charge in [0, 0.05) is 23.2 Å². The van der Waals surface area contributed by atoms with E-state index in [0.717, 1.165) is 9.88 Å². The number of aromatic nitrogens is 1. The van der Waals surface area contributed by atoms with E-state index in [0.29, 0.717) is 0 Å². The maximum Gasteiger partial charge on any atom is 0.254 e. The lowest BCUT2D eigenvalue weighted by atomic mass is 10.3. The van der Waals surface area contributed by atoms with Crippen LogP contribution in [0.15, 0.2) is 18.3 Å². The Hall–Kier alpha value is -1.49. The molecule has 15 heavy (non-hydrogen) atoms. The van der Waals surface area contributed by atoms with Crippen molar-refractivity contribution < 1.29 is 9.59 Å². The zero-order valence-electron chi connectivity index (χ0n) is 8.43. The molecule has 0 N–H and O–H groups in total. The average Bonchev–Trinajstić information content (AvgIpc) is 2.73. The highest BCUT2D eigenvalue weighted by Gasteiger charge is 2.30. The molecule has 0 fully saturated rings. The fourth-order valence-corrected chi connectivity index (χ4v) is 2.29. The van der Waals surface area contributed by atoms with Crippen LogP contribution >= 0.6 is 11.3 Å². The van der Waals surface area contributed by atoms with Gasteiger partial charge in [0.05, 0.1) is 6.04 Å². The monoisotopic (exact) mass is 222 g/mol. The van der Waals surface area contributed by atoms with Gasteiger partial charge in [0.1, 0.15) is 5.01 Å². The first-order chi connectivity index (χ1) is 7.09. The summed E-state index contributed by atoms with van der Waals surface area (Å²) in [5, 5.41) is 0.790. The molecule has 1 aromatic rings.